The first-order valence-electron chi connectivity index (χ1n) is 11.2. The van der Waals surface area contributed by atoms with Gasteiger partial charge in [0.05, 0.1) is 12.1 Å². The molecular weight excluding hydrogens is 517 g/mol. The average Bonchev–Trinajstić information content (AvgIpc) is 3.11. The summed E-state index contributed by atoms with van der Waals surface area (Å²) >= 11 is 12.6. The van der Waals surface area contributed by atoms with Gasteiger partial charge in [0, 0.05) is 16.3 Å². The van der Waals surface area contributed by atoms with Gasteiger partial charge >= 0.3 is 6.03 Å². The highest BCUT2D eigenvalue weighted by Gasteiger charge is 2.35. The molecule has 0 bridgehead atoms. The van der Waals surface area contributed by atoms with Crippen LogP contribution in [0, 0.1) is 6.92 Å². The predicted octanol–water partition coefficient (Wildman–Crippen LogP) is 5.42. The van der Waals surface area contributed by atoms with Crippen LogP contribution in [0.25, 0.3) is 6.08 Å². The third-order valence-corrected chi connectivity index (χ3v) is 6.11. The lowest BCUT2D eigenvalue weighted by atomic mass is 10.1. The van der Waals surface area contributed by atoms with E-state index in [4.69, 9.17) is 32.7 Å². The Kier molecular flexibility index (Phi) is 8.01. The number of hydrogen-bond acceptors (Lipinski definition) is 5. The Bertz CT molecular complexity index is 1410. The van der Waals surface area contributed by atoms with Crippen LogP contribution in [0.2, 0.25) is 10.0 Å². The second-order valence-corrected chi connectivity index (χ2v) is 9.03. The molecule has 0 atom stereocenters. The van der Waals surface area contributed by atoms with Crippen LogP contribution in [-0.4, -0.2) is 36.4 Å². The fourth-order valence-corrected chi connectivity index (χ4v) is 4.14. The molecule has 1 heterocycles. The van der Waals surface area contributed by atoms with E-state index in [-0.39, 0.29) is 17.3 Å². The van der Waals surface area contributed by atoms with E-state index in [2.05, 4.69) is 10.6 Å². The van der Waals surface area contributed by atoms with Gasteiger partial charge in [-0.2, -0.15) is 0 Å². The van der Waals surface area contributed by atoms with Crippen molar-refractivity contribution < 1.29 is 23.9 Å². The molecular formula is C27H23Cl2N3O5. The molecule has 0 radical (unpaired) electrons. The van der Waals surface area contributed by atoms with Crippen molar-refractivity contribution in [1.82, 2.24) is 10.2 Å². The number of methoxy groups -OCH3 is 1. The number of anilines is 1. The van der Waals surface area contributed by atoms with Gasteiger partial charge in [0.1, 0.15) is 18.8 Å². The highest BCUT2D eigenvalue weighted by molar-refractivity contribution is 6.32. The number of carbonyl (C=O) groups is 3. The number of imide groups is 1. The van der Waals surface area contributed by atoms with Gasteiger partial charge < -0.3 is 20.1 Å². The van der Waals surface area contributed by atoms with E-state index in [1.807, 2.05) is 31.2 Å². The number of urea groups is 1. The first-order valence-corrected chi connectivity index (χ1v) is 12.0. The van der Waals surface area contributed by atoms with Gasteiger partial charge in [0.25, 0.3) is 5.91 Å². The van der Waals surface area contributed by atoms with Gasteiger partial charge in [-0.25, -0.2) is 9.69 Å². The number of aryl methyl sites for hydroxylation is 1. The van der Waals surface area contributed by atoms with E-state index in [1.165, 1.54) is 13.2 Å². The molecule has 10 heteroatoms. The molecule has 0 aromatic heterocycles. The van der Waals surface area contributed by atoms with Crippen molar-refractivity contribution in [2.24, 2.45) is 0 Å². The quantitative estimate of drug-likeness (QED) is 0.294. The third kappa shape index (κ3) is 6.22. The Labute approximate surface area is 223 Å². The summed E-state index contributed by atoms with van der Waals surface area (Å²) in [6.07, 6.45) is 1.45. The molecule has 0 saturated carbocycles. The van der Waals surface area contributed by atoms with Gasteiger partial charge in [-0.05, 0) is 54.5 Å². The fraction of sp³-hybridized carbons (Fsp3) is 0.148. The first-order chi connectivity index (χ1) is 17.7. The topological polar surface area (TPSA) is 97.0 Å². The zero-order valence-corrected chi connectivity index (χ0v) is 21.5. The molecule has 1 aliphatic rings. The summed E-state index contributed by atoms with van der Waals surface area (Å²) in [5.74, 6) is -0.501. The largest absolute Gasteiger partial charge is 0.493 e. The highest BCUT2D eigenvalue weighted by Crippen LogP contribution is 2.38. The number of carbonyl (C=O) groups excluding carboxylic acids is 3. The molecule has 8 nitrogen and oxygen atoms in total. The van der Waals surface area contributed by atoms with Crippen LogP contribution >= 0.6 is 23.2 Å². The molecule has 0 spiro atoms. The zero-order chi connectivity index (χ0) is 26.5. The molecule has 3 aromatic rings. The van der Waals surface area contributed by atoms with E-state index in [9.17, 15) is 14.4 Å². The summed E-state index contributed by atoms with van der Waals surface area (Å²) < 4.78 is 11.3. The second-order valence-electron chi connectivity index (χ2n) is 8.21. The van der Waals surface area contributed by atoms with Gasteiger partial charge in [0.2, 0.25) is 5.91 Å². The van der Waals surface area contributed by atoms with Gasteiger partial charge in [-0.1, -0.05) is 53.5 Å². The third-order valence-electron chi connectivity index (χ3n) is 5.46. The van der Waals surface area contributed by atoms with E-state index in [0.717, 1.165) is 16.0 Å². The summed E-state index contributed by atoms with van der Waals surface area (Å²) in [6, 6.07) is 17.0. The van der Waals surface area contributed by atoms with Crippen LogP contribution in [0.1, 0.15) is 16.7 Å². The van der Waals surface area contributed by atoms with E-state index in [0.29, 0.717) is 27.8 Å². The lowest BCUT2D eigenvalue weighted by Gasteiger charge is -2.14. The number of halogens is 2. The molecule has 37 heavy (non-hydrogen) atoms. The summed E-state index contributed by atoms with van der Waals surface area (Å²) in [5, 5.41) is 5.98. The number of nitrogens with one attached hydrogen (secondary N) is 2. The van der Waals surface area contributed by atoms with Gasteiger partial charge in [-0.3, -0.25) is 9.59 Å². The maximum absolute atomic E-state index is 12.9. The van der Waals surface area contributed by atoms with Crippen LogP contribution in [-0.2, 0) is 16.2 Å². The minimum absolute atomic E-state index is 0.00351. The minimum atomic E-state index is -0.701. The zero-order valence-electron chi connectivity index (χ0n) is 20.0. The number of hydrogen-bond donors (Lipinski definition) is 2. The SMILES string of the molecule is COc1cc(/C=C2/NC(=O)N(CC(=O)Nc3cccc(C)c3)C2=O)cc(Cl)c1OCc1ccccc1Cl. The number of amides is 4. The molecule has 1 fully saturated rings. The molecule has 1 saturated heterocycles. The van der Waals surface area contributed by atoms with Crippen molar-refractivity contribution in [3.63, 3.8) is 0 Å². The normalized spacial score (nSPS) is 14.1. The van der Waals surface area contributed by atoms with Crippen molar-refractivity contribution >= 4 is 52.8 Å². The number of rotatable bonds is 8. The lowest BCUT2D eigenvalue weighted by molar-refractivity contribution is -0.127. The van der Waals surface area contributed by atoms with Crippen molar-refractivity contribution in [3.8, 4) is 11.5 Å². The molecule has 2 N–H and O–H groups in total. The van der Waals surface area contributed by atoms with Crippen LogP contribution in [0.4, 0.5) is 10.5 Å². The molecule has 3 aromatic carbocycles. The fourth-order valence-electron chi connectivity index (χ4n) is 3.68. The Morgan fingerprint density at radius 2 is 1.84 bits per heavy atom. The predicted molar refractivity (Wildman–Crippen MR) is 142 cm³/mol. The summed E-state index contributed by atoms with van der Waals surface area (Å²) in [7, 11) is 1.46. The summed E-state index contributed by atoms with van der Waals surface area (Å²) in [4.78, 5) is 38.5. The maximum Gasteiger partial charge on any atom is 0.329 e. The molecule has 4 rings (SSSR count). The monoisotopic (exact) mass is 539 g/mol. The molecule has 4 amide bonds. The standard InChI is InChI=1S/C27H23Cl2N3O5/c1-16-6-5-8-19(10-16)30-24(33)14-32-26(34)22(31-27(32)35)12-17-11-21(29)25(23(13-17)36-2)37-15-18-7-3-4-9-20(18)28/h3-13H,14-15H2,1-2H3,(H,30,33)(H,31,35)/b22-12+. The van der Waals surface area contributed by atoms with E-state index >= 15 is 0 Å². The Hall–Kier alpha value is -4.01. The maximum atomic E-state index is 12.9. The van der Waals surface area contributed by atoms with Crippen molar-refractivity contribution in [3.05, 3.63) is 93.1 Å². The Balaban J connectivity index is 1.48. The van der Waals surface area contributed by atoms with Crippen LogP contribution < -0.4 is 20.1 Å². The smallest absolute Gasteiger partial charge is 0.329 e. The minimum Gasteiger partial charge on any atom is -0.493 e. The molecule has 0 unspecified atom stereocenters. The van der Waals surface area contributed by atoms with Crippen molar-refractivity contribution in [2.45, 2.75) is 13.5 Å². The number of benzene rings is 3. The number of nitrogens with zero attached hydrogens (tertiary/aromatic N) is 1. The van der Waals surface area contributed by atoms with E-state index < -0.39 is 24.4 Å². The van der Waals surface area contributed by atoms with Crippen LogP contribution in [0.3, 0.4) is 0 Å². The highest BCUT2D eigenvalue weighted by atomic mass is 35.5. The molecule has 190 valence electrons. The van der Waals surface area contributed by atoms with Crippen molar-refractivity contribution in [1.29, 1.82) is 0 Å². The first kappa shape index (κ1) is 26.1. The lowest BCUT2D eigenvalue weighted by Crippen LogP contribution is -2.38. The van der Waals surface area contributed by atoms with E-state index in [1.54, 1.807) is 36.4 Å². The Morgan fingerprint density at radius 1 is 1.05 bits per heavy atom. The molecule has 1 aliphatic heterocycles. The summed E-state index contributed by atoms with van der Waals surface area (Å²) in [5.41, 5.74) is 2.80. The molecule has 0 aliphatic carbocycles. The average molecular weight is 540 g/mol. The summed E-state index contributed by atoms with van der Waals surface area (Å²) in [6.45, 7) is 1.63. The van der Waals surface area contributed by atoms with Gasteiger partial charge in [0.15, 0.2) is 11.5 Å². The second kappa shape index (κ2) is 11.4. The van der Waals surface area contributed by atoms with Gasteiger partial charge in [-0.15, -0.1) is 0 Å². The van der Waals surface area contributed by atoms with Crippen LogP contribution in [0.15, 0.2) is 66.4 Å². The Morgan fingerprint density at radius 3 is 2.57 bits per heavy atom. The van der Waals surface area contributed by atoms with Crippen molar-refractivity contribution in [2.75, 3.05) is 19.0 Å². The number of ether oxygens (including phenoxy) is 2. The van der Waals surface area contributed by atoms with Crippen LogP contribution in [0.5, 0.6) is 11.5 Å².